The Hall–Kier alpha value is -1.15. The number of nitrogens with two attached hydrogens (primary N) is 1. The molecule has 1 rings (SSSR count). The van der Waals surface area contributed by atoms with Crippen LogP contribution < -0.4 is 11.1 Å². The van der Waals surface area contributed by atoms with E-state index in [0.29, 0.717) is 6.92 Å². The highest BCUT2D eigenvalue weighted by atomic mass is 79.9. The standard InChI is InChI=1S/C10H9BrF4N2O/c1-9(16,10(13,14)15)8(18)17-7-4-5(12)2-3-6(7)11/h2-4H,16H2,1H3,(H,17,18). The molecule has 0 bridgehead atoms. The third kappa shape index (κ3) is 2.99. The second-order valence-electron chi connectivity index (χ2n) is 3.78. The normalized spacial score (nSPS) is 15.1. The molecule has 0 spiro atoms. The first-order chi connectivity index (χ1) is 8.05. The Morgan fingerprint density at radius 3 is 2.44 bits per heavy atom. The number of anilines is 1. The van der Waals surface area contributed by atoms with Gasteiger partial charge in [-0.05, 0) is 41.1 Å². The van der Waals surface area contributed by atoms with E-state index in [1.165, 1.54) is 6.07 Å². The summed E-state index contributed by atoms with van der Waals surface area (Å²) in [6, 6.07) is 3.23. The lowest BCUT2D eigenvalue weighted by molar-refractivity contribution is -0.184. The molecule has 1 aromatic carbocycles. The second kappa shape index (κ2) is 4.85. The minimum atomic E-state index is -4.91. The van der Waals surface area contributed by atoms with Crippen molar-refractivity contribution in [1.29, 1.82) is 0 Å². The van der Waals surface area contributed by atoms with Gasteiger partial charge in [-0.3, -0.25) is 4.79 Å². The van der Waals surface area contributed by atoms with Crippen molar-refractivity contribution in [2.45, 2.75) is 18.6 Å². The average Bonchev–Trinajstić information content (AvgIpc) is 2.21. The van der Waals surface area contributed by atoms with Crippen molar-refractivity contribution in [3.63, 3.8) is 0 Å². The van der Waals surface area contributed by atoms with Crippen molar-refractivity contribution in [2.24, 2.45) is 5.73 Å². The Bertz CT molecular complexity index is 473. The molecule has 3 N–H and O–H groups in total. The summed E-state index contributed by atoms with van der Waals surface area (Å²) in [6.07, 6.45) is -4.91. The highest BCUT2D eigenvalue weighted by molar-refractivity contribution is 9.10. The van der Waals surface area contributed by atoms with Gasteiger partial charge in [-0.25, -0.2) is 4.39 Å². The maximum absolute atomic E-state index is 12.9. The number of benzene rings is 1. The van der Waals surface area contributed by atoms with Gasteiger partial charge < -0.3 is 11.1 Å². The summed E-state index contributed by atoms with van der Waals surface area (Å²) in [7, 11) is 0. The number of rotatable bonds is 2. The van der Waals surface area contributed by atoms with Gasteiger partial charge in [0, 0.05) is 4.47 Å². The molecule has 0 saturated carbocycles. The zero-order valence-electron chi connectivity index (χ0n) is 9.11. The Kier molecular flexibility index (Phi) is 4.02. The quantitative estimate of drug-likeness (QED) is 0.820. The maximum Gasteiger partial charge on any atom is 0.415 e. The van der Waals surface area contributed by atoms with Crippen LogP contribution in [0.1, 0.15) is 6.92 Å². The van der Waals surface area contributed by atoms with Gasteiger partial charge in [-0.1, -0.05) is 0 Å². The Morgan fingerprint density at radius 2 is 1.94 bits per heavy atom. The molecule has 1 aromatic rings. The van der Waals surface area contributed by atoms with Crippen molar-refractivity contribution in [2.75, 3.05) is 5.32 Å². The second-order valence-corrected chi connectivity index (χ2v) is 4.63. The van der Waals surface area contributed by atoms with Crippen LogP contribution in [-0.4, -0.2) is 17.6 Å². The molecule has 3 nitrogen and oxygen atoms in total. The lowest BCUT2D eigenvalue weighted by Gasteiger charge is -2.26. The van der Waals surface area contributed by atoms with Crippen molar-refractivity contribution in [1.82, 2.24) is 0 Å². The number of halogens is 5. The van der Waals surface area contributed by atoms with Gasteiger partial charge >= 0.3 is 6.18 Å². The van der Waals surface area contributed by atoms with Crippen molar-refractivity contribution in [3.8, 4) is 0 Å². The number of hydrogen-bond acceptors (Lipinski definition) is 2. The fraction of sp³-hybridized carbons (Fsp3) is 0.300. The largest absolute Gasteiger partial charge is 0.415 e. The van der Waals surface area contributed by atoms with E-state index >= 15 is 0 Å². The Morgan fingerprint density at radius 1 is 1.39 bits per heavy atom. The van der Waals surface area contributed by atoms with Crippen LogP contribution in [0.3, 0.4) is 0 Å². The number of carbonyl (C=O) groups excluding carboxylic acids is 1. The van der Waals surface area contributed by atoms with Crippen LogP contribution in [-0.2, 0) is 4.79 Å². The minimum Gasteiger partial charge on any atom is -0.323 e. The van der Waals surface area contributed by atoms with E-state index in [4.69, 9.17) is 5.73 Å². The molecule has 1 unspecified atom stereocenters. The summed E-state index contributed by atoms with van der Waals surface area (Å²) in [6.45, 7) is 0.537. The number of carbonyl (C=O) groups is 1. The van der Waals surface area contributed by atoms with Crippen molar-refractivity contribution >= 4 is 27.5 Å². The number of amides is 1. The molecule has 0 aliphatic rings. The van der Waals surface area contributed by atoms with E-state index < -0.39 is 23.4 Å². The first-order valence-corrected chi connectivity index (χ1v) is 5.47. The van der Waals surface area contributed by atoms with Crippen LogP contribution in [0.25, 0.3) is 0 Å². The van der Waals surface area contributed by atoms with Gasteiger partial charge in [-0.15, -0.1) is 0 Å². The molecule has 8 heteroatoms. The van der Waals surface area contributed by atoms with E-state index in [1.54, 1.807) is 0 Å². The molecule has 0 fully saturated rings. The van der Waals surface area contributed by atoms with E-state index in [2.05, 4.69) is 15.9 Å². The SMILES string of the molecule is CC(N)(C(=O)Nc1cc(F)ccc1Br)C(F)(F)F. The molecule has 1 amide bonds. The summed E-state index contributed by atoms with van der Waals surface area (Å²) >= 11 is 2.97. The Labute approximate surface area is 108 Å². The smallest absolute Gasteiger partial charge is 0.323 e. The Balaban J connectivity index is 2.98. The summed E-state index contributed by atoms with van der Waals surface area (Å²) in [5.74, 6) is -2.17. The fourth-order valence-electron chi connectivity index (χ4n) is 0.974. The summed E-state index contributed by atoms with van der Waals surface area (Å²) < 4.78 is 50.6. The van der Waals surface area contributed by atoms with Crippen LogP contribution in [0.15, 0.2) is 22.7 Å². The zero-order valence-corrected chi connectivity index (χ0v) is 10.7. The van der Waals surface area contributed by atoms with Crippen LogP contribution in [0, 0.1) is 5.82 Å². The van der Waals surface area contributed by atoms with Gasteiger partial charge in [0.05, 0.1) is 5.69 Å². The molecule has 0 radical (unpaired) electrons. The summed E-state index contributed by atoms with van der Waals surface area (Å²) in [4.78, 5) is 11.4. The fourth-order valence-corrected chi connectivity index (χ4v) is 1.32. The third-order valence-corrected chi connectivity index (χ3v) is 2.93. The van der Waals surface area contributed by atoms with Crippen LogP contribution >= 0.6 is 15.9 Å². The molecule has 100 valence electrons. The maximum atomic E-state index is 12.9. The lowest BCUT2D eigenvalue weighted by Crippen LogP contribution is -2.59. The summed E-state index contributed by atoms with van der Waals surface area (Å²) in [5.41, 5.74) is 1.75. The molecule has 0 aromatic heterocycles. The highest BCUT2D eigenvalue weighted by Crippen LogP contribution is 2.30. The monoisotopic (exact) mass is 328 g/mol. The lowest BCUT2D eigenvalue weighted by atomic mass is 10.0. The molecule has 0 aliphatic heterocycles. The van der Waals surface area contributed by atoms with Crippen molar-refractivity contribution in [3.05, 3.63) is 28.5 Å². The van der Waals surface area contributed by atoms with Gasteiger partial charge in [0.1, 0.15) is 5.82 Å². The highest BCUT2D eigenvalue weighted by Gasteiger charge is 2.54. The number of hydrogen-bond donors (Lipinski definition) is 2. The molecule has 18 heavy (non-hydrogen) atoms. The topological polar surface area (TPSA) is 55.1 Å². The third-order valence-electron chi connectivity index (χ3n) is 2.24. The molecule has 0 aliphatic carbocycles. The molecule has 0 heterocycles. The van der Waals surface area contributed by atoms with E-state index in [0.717, 1.165) is 12.1 Å². The van der Waals surface area contributed by atoms with Crippen LogP contribution in [0.2, 0.25) is 0 Å². The van der Waals surface area contributed by atoms with Crippen LogP contribution in [0.4, 0.5) is 23.2 Å². The van der Waals surface area contributed by atoms with Gasteiger partial charge in [0.15, 0.2) is 5.54 Å². The predicted octanol–water partition coefficient (Wildman–Crippen LogP) is 2.81. The predicted molar refractivity (Wildman–Crippen MR) is 61.4 cm³/mol. The van der Waals surface area contributed by atoms with Gasteiger partial charge in [-0.2, -0.15) is 13.2 Å². The average molecular weight is 329 g/mol. The van der Waals surface area contributed by atoms with Crippen LogP contribution in [0.5, 0.6) is 0 Å². The van der Waals surface area contributed by atoms with E-state index in [-0.39, 0.29) is 10.2 Å². The number of nitrogens with one attached hydrogen (secondary N) is 1. The zero-order chi connectivity index (χ0) is 14.1. The molecular formula is C10H9BrF4N2O. The summed E-state index contributed by atoms with van der Waals surface area (Å²) in [5, 5.41) is 1.93. The molecule has 0 saturated heterocycles. The van der Waals surface area contributed by atoms with E-state index in [1.807, 2.05) is 5.32 Å². The molecule has 1 atom stereocenters. The molecular weight excluding hydrogens is 320 g/mol. The number of alkyl halides is 3. The minimum absolute atomic E-state index is 0.124. The van der Waals surface area contributed by atoms with Crippen molar-refractivity contribution < 1.29 is 22.4 Å². The first-order valence-electron chi connectivity index (χ1n) is 4.68. The first kappa shape index (κ1) is 14.9. The van der Waals surface area contributed by atoms with E-state index in [9.17, 15) is 22.4 Å². The van der Waals surface area contributed by atoms with Gasteiger partial charge in [0.25, 0.3) is 5.91 Å². The van der Waals surface area contributed by atoms with Gasteiger partial charge in [0.2, 0.25) is 0 Å².